The molecule has 0 radical (unpaired) electrons. The number of hydrogen-bond donors (Lipinski definition) is 1. The number of hydrogen-bond acceptors (Lipinski definition) is 3. The Labute approximate surface area is 83.0 Å². The van der Waals surface area contributed by atoms with E-state index in [2.05, 4.69) is 4.98 Å². The number of pyridine rings is 1. The Morgan fingerprint density at radius 3 is 2.85 bits per heavy atom. The van der Waals surface area contributed by atoms with Gasteiger partial charge in [-0.25, -0.2) is 4.98 Å². The first-order valence-electron chi connectivity index (χ1n) is 4.09. The number of likely N-dealkylation sites (N-methyl/N-ethyl adjacent to an activating group) is 1. The monoisotopic (exact) mass is 200 g/mol. The van der Waals surface area contributed by atoms with Crippen molar-refractivity contribution in [3.63, 3.8) is 0 Å². The Balaban J connectivity index is 2.88. The summed E-state index contributed by atoms with van der Waals surface area (Å²) >= 11 is 5.72. The lowest BCUT2D eigenvalue weighted by molar-refractivity contribution is 0.304. The zero-order chi connectivity index (χ0) is 9.84. The van der Waals surface area contributed by atoms with E-state index in [0.29, 0.717) is 11.7 Å². The van der Waals surface area contributed by atoms with Crippen molar-refractivity contribution in [2.75, 3.05) is 25.1 Å². The zero-order valence-corrected chi connectivity index (χ0v) is 8.54. The predicted molar refractivity (Wildman–Crippen MR) is 54.3 cm³/mol. The molecule has 1 rings (SSSR count). The van der Waals surface area contributed by atoms with Crippen molar-refractivity contribution in [2.24, 2.45) is 0 Å². The molecule has 0 atom stereocenters. The Morgan fingerprint density at radius 2 is 2.31 bits per heavy atom. The van der Waals surface area contributed by atoms with Crippen LogP contribution >= 0.6 is 11.6 Å². The Bertz CT molecular complexity index is 291. The van der Waals surface area contributed by atoms with E-state index in [9.17, 15) is 0 Å². The third-order valence-electron chi connectivity index (χ3n) is 1.90. The van der Waals surface area contributed by atoms with Crippen LogP contribution in [0.15, 0.2) is 12.3 Å². The van der Waals surface area contributed by atoms with Crippen molar-refractivity contribution in [1.82, 2.24) is 4.98 Å². The molecule has 3 nitrogen and oxygen atoms in total. The Hall–Kier alpha value is -0.800. The Kier molecular flexibility index (Phi) is 3.51. The zero-order valence-electron chi connectivity index (χ0n) is 7.79. The highest BCUT2D eigenvalue weighted by atomic mass is 35.5. The number of halogens is 1. The molecule has 0 saturated carbocycles. The molecule has 1 heterocycles. The second-order valence-corrected chi connectivity index (χ2v) is 3.33. The van der Waals surface area contributed by atoms with Crippen molar-refractivity contribution in [3.05, 3.63) is 23.0 Å². The summed E-state index contributed by atoms with van der Waals surface area (Å²) in [4.78, 5) is 5.93. The van der Waals surface area contributed by atoms with E-state index in [0.717, 1.165) is 11.3 Å². The highest BCUT2D eigenvalue weighted by Crippen LogP contribution is 2.19. The molecule has 1 aromatic heterocycles. The first-order valence-corrected chi connectivity index (χ1v) is 4.47. The van der Waals surface area contributed by atoms with Crippen LogP contribution in [-0.2, 0) is 0 Å². The number of rotatable bonds is 3. The molecular weight excluding hydrogens is 188 g/mol. The summed E-state index contributed by atoms with van der Waals surface area (Å²) in [6.07, 6.45) is 1.72. The molecule has 0 unspecified atom stereocenters. The fourth-order valence-electron chi connectivity index (χ4n) is 1.18. The number of nitrogens with zero attached hydrogens (tertiary/aromatic N) is 2. The van der Waals surface area contributed by atoms with E-state index in [1.165, 1.54) is 0 Å². The molecule has 0 aromatic carbocycles. The van der Waals surface area contributed by atoms with E-state index in [4.69, 9.17) is 16.7 Å². The van der Waals surface area contributed by atoms with Gasteiger partial charge in [-0.3, -0.25) is 0 Å². The Morgan fingerprint density at radius 1 is 1.62 bits per heavy atom. The topological polar surface area (TPSA) is 36.4 Å². The number of aliphatic hydroxyl groups is 1. The van der Waals surface area contributed by atoms with Gasteiger partial charge < -0.3 is 10.0 Å². The maximum Gasteiger partial charge on any atom is 0.129 e. The van der Waals surface area contributed by atoms with Gasteiger partial charge in [0.1, 0.15) is 5.15 Å². The molecule has 0 fully saturated rings. The number of aliphatic hydroxyl groups excluding tert-OH is 1. The first kappa shape index (κ1) is 10.3. The largest absolute Gasteiger partial charge is 0.395 e. The minimum atomic E-state index is 0.137. The van der Waals surface area contributed by atoms with Gasteiger partial charge in [0, 0.05) is 13.6 Å². The number of aromatic nitrogens is 1. The van der Waals surface area contributed by atoms with Gasteiger partial charge in [0.15, 0.2) is 0 Å². The molecule has 0 aliphatic carbocycles. The average Bonchev–Trinajstić information content (AvgIpc) is 2.04. The van der Waals surface area contributed by atoms with E-state index < -0.39 is 0 Å². The maximum atomic E-state index is 8.76. The highest BCUT2D eigenvalue weighted by Gasteiger charge is 2.04. The lowest BCUT2D eigenvalue weighted by atomic mass is 10.2. The van der Waals surface area contributed by atoms with Crippen molar-refractivity contribution in [1.29, 1.82) is 0 Å². The van der Waals surface area contributed by atoms with Gasteiger partial charge >= 0.3 is 0 Å². The molecule has 1 N–H and O–H groups in total. The molecule has 13 heavy (non-hydrogen) atoms. The molecule has 0 saturated heterocycles. The number of anilines is 1. The highest BCUT2D eigenvalue weighted by molar-refractivity contribution is 6.29. The molecule has 72 valence electrons. The second-order valence-electron chi connectivity index (χ2n) is 2.94. The second kappa shape index (κ2) is 4.44. The first-order chi connectivity index (χ1) is 6.15. The minimum Gasteiger partial charge on any atom is -0.395 e. The third kappa shape index (κ3) is 2.57. The van der Waals surface area contributed by atoms with Crippen LogP contribution in [0.2, 0.25) is 5.15 Å². The van der Waals surface area contributed by atoms with Crippen LogP contribution in [0.5, 0.6) is 0 Å². The van der Waals surface area contributed by atoms with E-state index >= 15 is 0 Å². The minimum absolute atomic E-state index is 0.137. The molecule has 1 aromatic rings. The standard InChI is InChI=1S/C9H13ClN2O/c1-7-5-9(10)11-6-8(7)12(2)3-4-13/h5-6,13H,3-4H2,1-2H3. The van der Waals surface area contributed by atoms with Gasteiger partial charge in [-0.1, -0.05) is 11.6 Å². The smallest absolute Gasteiger partial charge is 0.129 e. The third-order valence-corrected chi connectivity index (χ3v) is 2.10. The summed E-state index contributed by atoms with van der Waals surface area (Å²) in [6, 6.07) is 1.81. The lowest BCUT2D eigenvalue weighted by Gasteiger charge is -2.19. The maximum absolute atomic E-state index is 8.76. The van der Waals surface area contributed by atoms with Crippen molar-refractivity contribution < 1.29 is 5.11 Å². The molecule has 4 heteroatoms. The average molecular weight is 201 g/mol. The summed E-state index contributed by atoms with van der Waals surface area (Å²) in [5.41, 5.74) is 2.06. The van der Waals surface area contributed by atoms with Gasteiger partial charge in [-0.15, -0.1) is 0 Å². The molecule has 0 spiro atoms. The van der Waals surface area contributed by atoms with Crippen LogP contribution in [0.4, 0.5) is 5.69 Å². The van der Waals surface area contributed by atoms with Gasteiger partial charge in [0.2, 0.25) is 0 Å². The molecule has 0 amide bonds. The fraction of sp³-hybridized carbons (Fsp3) is 0.444. The van der Waals surface area contributed by atoms with E-state index in [-0.39, 0.29) is 6.61 Å². The molecule has 0 aliphatic heterocycles. The van der Waals surface area contributed by atoms with Gasteiger partial charge in [-0.2, -0.15) is 0 Å². The normalized spacial score (nSPS) is 10.2. The summed E-state index contributed by atoms with van der Waals surface area (Å²) in [5.74, 6) is 0. The van der Waals surface area contributed by atoms with E-state index in [1.807, 2.05) is 24.9 Å². The predicted octanol–water partition coefficient (Wildman–Crippen LogP) is 1.47. The van der Waals surface area contributed by atoms with Crippen LogP contribution < -0.4 is 4.90 Å². The van der Waals surface area contributed by atoms with Crippen LogP contribution in [0.1, 0.15) is 5.56 Å². The van der Waals surface area contributed by atoms with Crippen molar-refractivity contribution >= 4 is 17.3 Å². The number of aryl methyl sites for hydroxylation is 1. The van der Waals surface area contributed by atoms with Gasteiger partial charge in [0.25, 0.3) is 0 Å². The van der Waals surface area contributed by atoms with E-state index in [1.54, 1.807) is 6.20 Å². The summed E-state index contributed by atoms with van der Waals surface area (Å²) in [6.45, 7) is 2.71. The quantitative estimate of drug-likeness (QED) is 0.751. The van der Waals surface area contributed by atoms with Gasteiger partial charge in [0.05, 0.1) is 18.5 Å². The van der Waals surface area contributed by atoms with Crippen LogP contribution in [0, 0.1) is 6.92 Å². The summed E-state index contributed by atoms with van der Waals surface area (Å²) in [7, 11) is 1.91. The molecule has 0 bridgehead atoms. The summed E-state index contributed by atoms with van der Waals surface area (Å²) in [5, 5.41) is 9.25. The SMILES string of the molecule is Cc1cc(Cl)ncc1N(C)CCO. The van der Waals surface area contributed by atoms with Crippen LogP contribution in [0.3, 0.4) is 0 Å². The van der Waals surface area contributed by atoms with Gasteiger partial charge in [-0.05, 0) is 18.6 Å². The summed E-state index contributed by atoms with van der Waals surface area (Å²) < 4.78 is 0. The van der Waals surface area contributed by atoms with Crippen LogP contribution in [0.25, 0.3) is 0 Å². The fourth-order valence-corrected chi connectivity index (χ4v) is 1.40. The molecular formula is C9H13ClN2O. The van der Waals surface area contributed by atoms with Crippen molar-refractivity contribution in [3.8, 4) is 0 Å². The van der Waals surface area contributed by atoms with Crippen molar-refractivity contribution in [2.45, 2.75) is 6.92 Å². The van der Waals surface area contributed by atoms with Crippen LogP contribution in [-0.4, -0.2) is 30.3 Å². The molecule has 0 aliphatic rings. The lowest BCUT2D eigenvalue weighted by Crippen LogP contribution is -2.22.